The van der Waals surface area contributed by atoms with Gasteiger partial charge in [-0.3, -0.25) is 0 Å². The van der Waals surface area contributed by atoms with Crippen LogP contribution >= 0.6 is 0 Å². The molecule has 1 aliphatic heterocycles. The van der Waals surface area contributed by atoms with Crippen molar-refractivity contribution in [3.63, 3.8) is 0 Å². The van der Waals surface area contributed by atoms with Gasteiger partial charge in [0.2, 0.25) is 0 Å². The highest BCUT2D eigenvalue weighted by Gasteiger charge is 2.60. The Hall–Kier alpha value is -0.0800. The Balaban J connectivity index is 1.62. The molecule has 0 aromatic rings. The molecular formula is C13H23NO. The molecular weight excluding hydrogens is 186 g/mol. The van der Waals surface area contributed by atoms with E-state index in [4.69, 9.17) is 4.74 Å². The molecule has 0 radical (unpaired) electrons. The van der Waals surface area contributed by atoms with E-state index in [1.165, 1.54) is 19.3 Å². The number of hydrogen-bond donors (Lipinski definition) is 1. The minimum absolute atomic E-state index is 0.363. The standard InChI is InChI=1S/C13H23NO/c1-4-8-7-10(8)14-11-9-5-6-15-12(9)13(11,2)3/h8-12,14H,4-7H2,1-3H3. The maximum absolute atomic E-state index is 5.81. The van der Waals surface area contributed by atoms with Gasteiger partial charge in [-0.2, -0.15) is 0 Å². The molecule has 2 heteroatoms. The van der Waals surface area contributed by atoms with E-state index in [2.05, 4.69) is 26.1 Å². The lowest BCUT2D eigenvalue weighted by molar-refractivity contribution is -0.113. The molecule has 0 aromatic carbocycles. The fraction of sp³-hybridized carbons (Fsp3) is 1.00. The minimum atomic E-state index is 0.363. The minimum Gasteiger partial charge on any atom is -0.377 e. The molecule has 0 aromatic heterocycles. The molecule has 0 bridgehead atoms. The second-order valence-corrected chi connectivity index (χ2v) is 6.22. The molecule has 2 nitrogen and oxygen atoms in total. The van der Waals surface area contributed by atoms with E-state index in [1.54, 1.807) is 0 Å². The normalized spacial score (nSPS) is 51.0. The fourth-order valence-corrected chi connectivity index (χ4v) is 3.80. The fourth-order valence-electron chi connectivity index (χ4n) is 3.80. The molecule has 1 saturated heterocycles. The Labute approximate surface area is 92.8 Å². The van der Waals surface area contributed by atoms with Crippen molar-refractivity contribution >= 4 is 0 Å². The first-order chi connectivity index (χ1) is 7.14. The predicted octanol–water partition coefficient (Wildman–Crippen LogP) is 2.19. The van der Waals surface area contributed by atoms with Crippen LogP contribution in [0, 0.1) is 17.3 Å². The molecule has 2 saturated carbocycles. The van der Waals surface area contributed by atoms with Crippen molar-refractivity contribution in [3.05, 3.63) is 0 Å². The molecule has 2 aliphatic carbocycles. The highest BCUT2D eigenvalue weighted by Crippen LogP contribution is 2.53. The van der Waals surface area contributed by atoms with Gasteiger partial charge < -0.3 is 10.1 Å². The van der Waals surface area contributed by atoms with E-state index in [1.807, 2.05) is 0 Å². The number of ether oxygens (including phenoxy) is 1. The summed E-state index contributed by atoms with van der Waals surface area (Å²) in [4.78, 5) is 0. The Morgan fingerprint density at radius 2 is 2.20 bits per heavy atom. The second-order valence-electron chi connectivity index (χ2n) is 6.22. The van der Waals surface area contributed by atoms with Crippen LogP contribution < -0.4 is 5.32 Å². The molecule has 3 fully saturated rings. The summed E-state index contributed by atoms with van der Waals surface area (Å²) < 4.78 is 5.81. The summed E-state index contributed by atoms with van der Waals surface area (Å²) in [6.45, 7) is 8.01. The van der Waals surface area contributed by atoms with Crippen molar-refractivity contribution in [1.29, 1.82) is 0 Å². The van der Waals surface area contributed by atoms with E-state index in [9.17, 15) is 0 Å². The summed E-state index contributed by atoms with van der Waals surface area (Å²) in [6, 6.07) is 1.53. The molecule has 5 unspecified atom stereocenters. The smallest absolute Gasteiger partial charge is 0.0685 e. The highest BCUT2D eigenvalue weighted by molar-refractivity contribution is 5.13. The summed E-state index contributed by atoms with van der Waals surface area (Å²) >= 11 is 0. The number of rotatable bonds is 3. The molecule has 86 valence electrons. The molecule has 1 heterocycles. The van der Waals surface area contributed by atoms with Gasteiger partial charge in [0.15, 0.2) is 0 Å². The Morgan fingerprint density at radius 1 is 1.40 bits per heavy atom. The Kier molecular flexibility index (Phi) is 2.16. The van der Waals surface area contributed by atoms with Crippen LogP contribution in [-0.4, -0.2) is 24.8 Å². The molecule has 5 atom stereocenters. The van der Waals surface area contributed by atoms with Crippen LogP contribution in [0.25, 0.3) is 0 Å². The summed E-state index contributed by atoms with van der Waals surface area (Å²) in [5, 5.41) is 3.87. The van der Waals surface area contributed by atoms with Crippen LogP contribution in [0.5, 0.6) is 0 Å². The van der Waals surface area contributed by atoms with Gasteiger partial charge in [-0.05, 0) is 18.8 Å². The van der Waals surface area contributed by atoms with Crippen LogP contribution in [0.3, 0.4) is 0 Å². The van der Waals surface area contributed by atoms with E-state index in [0.29, 0.717) is 17.6 Å². The Morgan fingerprint density at radius 3 is 2.87 bits per heavy atom. The lowest BCUT2D eigenvalue weighted by Gasteiger charge is -2.55. The van der Waals surface area contributed by atoms with E-state index in [-0.39, 0.29) is 0 Å². The third-order valence-electron chi connectivity index (χ3n) is 4.94. The zero-order chi connectivity index (χ0) is 10.6. The van der Waals surface area contributed by atoms with Gasteiger partial charge in [0.05, 0.1) is 6.10 Å². The van der Waals surface area contributed by atoms with Crippen molar-refractivity contribution in [2.75, 3.05) is 6.61 Å². The Bertz CT molecular complexity index is 263. The lowest BCUT2D eigenvalue weighted by Crippen LogP contribution is -2.66. The maximum Gasteiger partial charge on any atom is 0.0685 e. The molecule has 1 N–H and O–H groups in total. The first kappa shape index (κ1) is 10.1. The quantitative estimate of drug-likeness (QED) is 0.769. The van der Waals surface area contributed by atoms with Gasteiger partial charge in [0, 0.05) is 30.0 Å². The number of nitrogens with one attached hydrogen (secondary N) is 1. The predicted molar refractivity (Wildman–Crippen MR) is 60.7 cm³/mol. The summed E-state index contributed by atoms with van der Waals surface area (Å²) in [7, 11) is 0. The monoisotopic (exact) mass is 209 g/mol. The van der Waals surface area contributed by atoms with Crippen LogP contribution in [-0.2, 0) is 4.74 Å². The summed E-state index contributed by atoms with van der Waals surface area (Å²) in [5.41, 5.74) is 0.363. The second kappa shape index (κ2) is 3.21. The lowest BCUT2D eigenvalue weighted by atomic mass is 9.57. The maximum atomic E-state index is 5.81. The van der Waals surface area contributed by atoms with Gasteiger partial charge >= 0.3 is 0 Å². The topological polar surface area (TPSA) is 21.3 Å². The van der Waals surface area contributed by atoms with Crippen LogP contribution in [0.2, 0.25) is 0 Å². The first-order valence-electron chi connectivity index (χ1n) is 6.52. The first-order valence-corrected chi connectivity index (χ1v) is 6.52. The zero-order valence-electron chi connectivity index (χ0n) is 10.1. The summed E-state index contributed by atoms with van der Waals surface area (Å²) in [6.07, 6.45) is 4.56. The van der Waals surface area contributed by atoms with Crippen molar-refractivity contribution in [3.8, 4) is 0 Å². The third kappa shape index (κ3) is 1.38. The van der Waals surface area contributed by atoms with Crippen LogP contribution in [0.4, 0.5) is 0 Å². The number of hydrogen-bond acceptors (Lipinski definition) is 2. The van der Waals surface area contributed by atoms with Gasteiger partial charge in [-0.1, -0.05) is 27.2 Å². The molecule has 15 heavy (non-hydrogen) atoms. The SMILES string of the molecule is CCC1CC1NC1C2CCOC2C1(C)C. The van der Waals surface area contributed by atoms with E-state index < -0.39 is 0 Å². The summed E-state index contributed by atoms with van der Waals surface area (Å²) in [5.74, 6) is 1.76. The number of fused-ring (bicyclic) bond motifs is 1. The molecule has 3 rings (SSSR count). The average Bonchev–Trinajstić information content (AvgIpc) is 2.81. The molecule has 0 amide bonds. The van der Waals surface area contributed by atoms with Crippen molar-refractivity contribution in [1.82, 2.24) is 5.32 Å². The van der Waals surface area contributed by atoms with Crippen molar-refractivity contribution in [2.24, 2.45) is 17.3 Å². The van der Waals surface area contributed by atoms with Gasteiger partial charge in [0.1, 0.15) is 0 Å². The van der Waals surface area contributed by atoms with Crippen LogP contribution in [0.15, 0.2) is 0 Å². The van der Waals surface area contributed by atoms with Gasteiger partial charge in [0.25, 0.3) is 0 Å². The molecule has 0 spiro atoms. The van der Waals surface area contributed by atoms with Gasteiger partial charge in [-0.25, -0.2) is 0 Å². The average molecular weight is 209 g/mol. The van der Waals surface area contributed by atoms with Crippen molar-refractivity contribution in [2.45, 2.75) is 58.2 Å². The van der Waals surface area contributed by atoms with Gasteiger partial charge in [-0.15, -0.1) is 0 Å². The highest BCUT2D eigenvalue weighted by atomic mass is 16.5. The van der Waals surface area contributed by atoms with Crippen LogP contribution in [0.1, 0.15) is 40.0 Å². The molecule has 3 aliphatic rings. The van der Waals surface area contributed by atoms with E-state index >= 15 is 0 Å². The van der Waals surface area contributed by atoms with E-state index in [0.717, 1.165) is 24.5 Å². The largest absolute Gasteiger partial charge is 0.377 e. The van der Waals surface area contributed by atoms with Crippen molar-refractivity contribution < 1.29 is 4.74 Å². The third-order valence-corrected chi connectivity index (χ3v) is 4.94. The zero-order valence-corrected chi connectivity index (χ0v) is 10.1.